The van der Waals surface area contributed by atoms with E-state index in [0.29, 0.717) is 15.8 Å². The molecule has 0 aromatic carbocycles. The van der Waals surface area contributed by atoms with Gasteiger partial charge in [-0.1, -0.05) is 35.6 Å². The van der Waals surface area contributed by atoms with Gasteiger partial charge in [-0.25, -0.2) is 0 Å². The first kappa shape index (κ1) is 12.1. The summed E-state index contributed by atoms with van der Waals surface area (Å²) in [5, 5.41) is 0. The number of amides is 1. The van der Waals surface area contributed by atoms with Gasteiger partial charge in [-0.05, 0) is 25.1 Å². The molecule has 16 heavy (non-hydrogen) atoms. The van der Waals surface area contributed by atoms with E-state index in [1.807, 2.05) is 25.1 Å². The van der Waals surface area contributed by atoms with Crippen molar-refractivity contribution in [1.29, 1.82) is 0 Å². The van der Waals surface area contributed by atoms with Crippen molar-refractivity contribution < 1.29 is 4.79 Å². The van der Waals surface area contributed by atoms with E-state index in [2.05, 4.69) is 0 Å². The minimum absolute atomic E-state index is 0.0120. The summed E-state index contributed by atoms with van der Waals surface area (Å²) in [5.74, 6) is -0.0120. The Balaban J connectivity index is 2.27. The molecule has 0 aliphatic carbocycles. The Morgan fingerprint density at radius 2 is 2.31 bits per heavy atom. The lowest BCUT2D eigenvalue weighted by Crippen LogP contribution is -2.27. The number of hydrogen-bond acceptors (Lipinski definition) is 4. The molecule has 1 aliphatic rings. The average Bonchev–Trinajstić information content (AvgIpc) is 2.74. The van der Waals surface area contributed by atoms with Crippen LogP contribution in [0.5, 0.6) is 0 Å². The molecule has 1 aromatic rings. The van der Waals surface area contributed by atoms with Crippen LogP contribution < -0.4 is 0 Å². The van der Waals surface area contributed by atoms with Gasteiger partial charge in [0.05, 0.1) is 9.24 Å². The van der Waals surface area contributed by atoms with E-state index >= 15 is 0 Å². The molecular weight excluding hydrogens is 282 g/mol. The Labute approximate surface area is 112 Å². The Kier molecular flexibility index (Phi) is 3.69. The number of carbonyl (C=O) groups is 1. The first-order chi connectivity index (χ1) is 7.61. The summed E-state index contributed by atoms with van der Waals surface area (Å²) in [6.45, 7) is 2.53. The minimum atomic E-state index is -0.0120. The number of halogens is 1. The topological polar surface area (TPSA) is 20.3 Å². The van der Waals surface area contributed by atoms with Gasteiger partial charge in [0, 0.05) is 11.4 Å². The van der Waals surface area contributed by atoms with Crippen LogP contribution in [-0.2, 0) is 4.79 Å². The van der Waals surface area contributed by atoms with Crippen molar-refractivity contribution in [2.75, 3.05) is 6.54 Å². The quantitative estimate of drug-likeness (QED) is 0.613. The van der Waals surface area contributed by atoms with E-state index in [9.17, 15) is 4.79 Å². The molecule has 0 unspecified atom stereocenters. The zero-order valence-corrected chi connectivity index (χ0v) is 11.6. The largest absolute Gasteiger partial charge is 0.293 e. The van der Waals surface area contributed by atoms with Crippen LogP contribution in [0, 0.1) is 0 Å². The summed E-state index contributed by atoms with van der Waals surface area (Å²) < 4.78 is 1.35. The molecule has 0 bridgehead atoms. The second-order valence-electron chi connectivity index (χ2n) is 3.07. The van der Waals surface area contributed by atoms with Crippen LogP contribution >= 0.6 is 46.9 Å². The van der Waals surface area contributed by atoms with Crippen LogP contribution in [0.1, 0.15) is 11.8 Å². The van der Waals surface area contributed by atoms with E-state index in [1.54, 1.807) is 4.90 Å². The summed E-state index contributed by atoms with van der Waals surface area (Å²) in [6, 6.07) is 3.71. The monoisotopic (exact) mass is 289 g/mol. The summed E-state index contributed by atoms with van der Waals surface area (Å²) >= 11 is 13.7. The maximum absolute atomic E-state index is 11.9. The second kappa shape index (κ2) is 4.87. The van der Waals surface area contributed by atoms with Crippen LogP contribution in [0.4, 0.5) is 0 Å². The molecule has 1 aliphatic heterocycles. The number of rotatable bonds is 2. The number of thioether (sulfide) groups is 1. The lowest BCUT2D eigenvalue weighted by molar-refractivity contribution is -0.121. The lowest BCUT2D eigenvalue weighted by atomic mass is 10.4. The van der Waals surface area contributed by atoms with Crippen molar-refractivity contribution in [3.63, 3.8) is 0 Å². The Hall–Kier alpha value is -0.360. The van der Waals surface area contributed by atoms with Gasteiger partial charge >= 0.3 is 0 Å². The molecule has 1 saturated heterocycles. The van der Waals surface area contributed by atoms with E-state index < -0.39 is 0 Å². The van der Waals surface area contributed by atoms with Crippen molar-refractivity contribution in [2.24, 2.45) is 0 Å². The number of carbonyl (C=O) groups excluding carboxylic acids is 1. The third-order valence-corrected chi connectivity index (χ3v) is 4.61. The van der Waals surface area contributed by atoms with Crippen molar-refractivity contribution in [3.8, 4) is 0 Å². The standard InChI is InChI=1S/C10H8ClNOS3/c1-2-12-9(13)7(16-10(12)14)5-6-3-4-8(11)15-6/h3-5H,2H2,1H3. The molecule has 1 amide bonds. The first-order valence-corrected chi connectivity index (χ1v) is 7.04. The highest BCUT2D eigenvalue weighted by molar-refractivity contribution is 8.26. The number of nitrogens with zero attached hydrogens (tertiary/aromatic N) is 1. The zero-order chi connectivity index (χ0) is 11.7. The third-order valence-electron chi connectivity index (χ3n) is 2.06. The average molecular weight is 290 g/mol. The fourth-order valence-electron chi connectivity index (χ4n) is 1.31. The Morgan fingerprint density at radius 1 is 1.56 bits per heavy atom. The van der Waals surface area contributed by atoms with Crippen LogP contribution in [0.15, 0.2) is 17.0 Å². The second-order valence-corrected chi connectivity index (χ2v) is 6.49. The smallest absolute Gasteiger partial charge is 0.266 e. The van der Waals surface area contributed by atoms with Gasteiger partial charge < -0.3 is 0 Å². The van der Waals surface area contributed by atoms with Crippen molar-refractivity contribution >= 4 is 63.2 Å². The van der Waals surface area contributed by atoms with Gasteiger partial charge in [-0.3, -0.25) is 9.69 Å². The molecule has 6 heteroatoms. The molecule has 2 rings (SSSR count). The zero-order valence-electron chi connectivity index (χ0n) is 8.40. The molecule has 0 saturated carbocycles. The van der Waals surface area contributed by atoms with Crippen LogP contribution in [0.25, 0.3) is 6.08 Å². The molecule has 0 spiro atoms. The molecule has 2 heterocycles. The fourth-order valence-corrected chi connectivity index (χ4v) is 3.76. The van der Waals surface area contributed by atoms with Crippen LogP contribution in [0.3, 0.4) is 0 Å². The summed E-state index contributed by atoms with van der Waals surface area (Å²) in [6.07, 6.45) is 1.84. The highest BCUT2D eigenvalue weighted by Gasteiger charge is 2.30. The summed E-state index contributed by atoms with van der Waals surface area (Å²) in [7, 11) is 0. The lowest BCUT2D eigenvalue weighted by Gasteiger charge is -2.09. The SMILES string of the molecule is CCN1C(=O)C(=Cc2ccc(Cl)s2)SC1=S. The molecular formula is C10H8ClNOS3. The highest BCUT2D eigenvalue weighted by Crippen LogP contribution is 2.34. The van der Waals surface area contributed by atoms with Gasteiger partial charge in [0.1, 0.15) is 4.32 Å². The van der Waals surface area contributed by atoms with E-state index in [0.717, 1.165) is 9.21 Å². The molecule has 0 atom stereocenters. The third kappa shape index (κ3) is 2.32. The van der Waals surface area contributed by atoms with Gasteiger partial charge in [0.15, 0.2) is 0 Å². The Bertz CT molecular complexity index is 480. The van der Waals surface area contributed by atoms with Crippen molar-refractivity contribution in [1.82, 2.24) is 4.90 Å². The number of thiophene rings is 1. The fraction of sp³-hybridized carbons (Fsp3) is 0.200. The van der Waals surface area contributed by atoms with Gasteiger partial charge in [0.2, 0.25) is 0 Å². The number of hydrogen-bond donors (Lipinski definition) is 0. The first-order valence-electron chi connectivity index (χ1n) is 4.62. The normalized spacial score (nSPS) is 18.9. The van der Waals surface area contributed by atoms with E-state index in [4.69, 9.17) is 23.8 Å². The summed E-state index contributed by atoms with van der Waals surface area (Å²) in [4.78, 5) is 15.1. The predicted octanol–water partition coefficient (Wildman–Crippen LogP) is 3.62. The maximum atomic E-state index is 11.9. The molecule has 1 fully saturated rings. The molecule has 0 N–H and O–H groups in total. The van der Waals surface area contributed by atoms with E-state index in [1.165, 1.54) is 23.1 Å². The molecule has 2 nitrogen and oxygen atoms in total. The molecule has 84 valence electrons. The number of thiocarbonyl (C=S) groups is 1. The van der Waals surface area contributed by atoms with Crippen LogP contribution in [0.2, 0.25) is 4.34 Å². The molecule has 1 aromatic heterocycles. The van der Waals surface area contributed by atoms with Crippen LogP contribution in [-0.4, -0.2) is 21.7 Å². The summed E-state index contributed by atoms with van der Waals surface area (Å²) in [5.41, 5.74) is 0. The Morgan fingerprint density at radius 3 is 2.81 bits per heavy atom. The van der Waals surface area contributed by atoms with Crippen molar-refractivity contribution in [2.45, 2.75) is 6.92 Å². The number of likely N-dealkylation sites (N-methyl/N-ethyl adjacent to an activating group) is 1. The van der Waals surface area contributed by atoms with Gasteiger partial charge in [0.25, 0.3) is 5.91 Å². The molecule has 0 radical (unpaired) electrons. The van der Waals surface area contributed by atoms with Gasteiger partial charge in [-0.15, -0.1) is 11.3 Å². The highest BCUT2D eigenvalue weighted by atomic mass is 35.5. The van der Waals surface area contributed by atoms with E-state index in [-0.39, 0.29) is 5.91 Å². The van der Waals surface area contributed by atoms with Crippen molar-refractivity contribution in [3.05, 3.63) is 26.3 Å². The predicted molar refractivity (Wildman–Crippen MR) is 74.9 cm³/mol. The minimum Gasteiger partial charge on any atom is -0.293 e. The maximum Gasteiger partial charge on any atom is 0.266 e. The van der Waals surface area contributed by atoms with Gasteiger partial charge in [-0.2, -0.15) is 0 Å².